The Morgan fingerprint density at radius 3 is 2.46 bits per heavy atom. The summed E-state index contributed by atoms with van der Waals surface area (Å²) in [6, 6.07) is 12.8. The molecule has 0 spiro atoms. The number of carbonyl (C=O) groups is 1. The van der Waals surface area contributed by atoms with E-state index in [4.69, 9.17) is 16.3 Å². The van der Waals surface area contributed by atoms with E-state index in [0.717, 1.165) is 6.07 Å². The number of alkyl halides is 3. The summed E-state index contributed by atoms with van der Waals surface area (Å²) in [4.78, 5) is 16.3. The first-order chi connectivity index (χ1) is 13.3. The van der Waals surface area contributed by atoms with Crippen LogP contribution >= 0.6 is 11.6 Å². The number of methoxy groups -OCH3 is 1. The van der Waals surface area contributed by atoms with Gasteiger partial charge in [-0.2, -0.15) is 13.2 Å². The van der Waals surface area contributed by atoms with Crippen LogP contribution in [0.4, 0.5) is 18.9 Å². The smallest absolute Gasteiger partial charge is 0.418 e. The van der Waals surface area contributed by atoms with E-state index in [1.807, 2.05) is 0 Å². The van der Waals surface area contributed by atoms with Gasteiger partial charge in [-0.15, -0.1) is 0 Å². The Hall–Kier alpha value is -3.06. The topological polar surface area (TPSA) is 51.2 Å². The molecule has 0 atom stereocenters. The molecular formula is C20H14ClF3N2O2. The predicted molar refractivity (Wildman–Crippen MR) is 101 cm³/mol. The van der Waals surface area contributed by atoms with Gasteiger partial charge in [-0.25, -0.2) is 0 Å². The van der Waals surface area contributed by atoms with Crippen LogP contribution in [0, 0.1) is 0 Å². The summed E-state index contributed by atoms with van der Waals surface area (Å²) in [5, 5.41) is 3.21. The highest BCUT2D eigenvalue weighted by Gasteiger charge is 2.35. The standard InChI is InChI=1S/C20H14ClF3N2O2/c1-28-17-11-12(19(27)26-14-7-5-13(21)6-8-14)4-9-15(17)18-16(20(22,23)24)3-2-10-25-18/h2-11H,1H3,(H,26,27). The number of halogens is 4. The van der Waals surface area contributed by atoms with Gasteiger partial charge in [-0.05, 0) is 54.6 Å². The van der Waals surface area contributed by atoms with Crippen molar-refractivity contribution in [2.75, 3.05) is 12.4 Å². The first-order valence-corrected chi connectivity index (χ1v) is 8.45. The molecule has 0 unspecified atom stereocenters. The number of amides is 1. The van der Waals surface area contributed by atoms with E-state index in [1.54, 1.807) is 24.3 Å². The van der Waals surface area contributed by atoms with Gasteiger partial charge in [0.05, 0.1) is 18.4 Å². The average molecular weight is 407 g/mol. The highest BCUT2D eigenvalue weighted by molar-refractivity contribution is 6.30. The monoisotopic (exact) mass is 406 g/mol. The Labute approximate surface area is 163 Å². The van der Waals surface area contributed by atoms with E-state index in [2.05, 4.69) is 10.3 Å². The predicted octanol–water partition coefficient (Wildman–Crippen LogP) is 5.68. The molecule has 1 amide bonds. The fourth-order valence-electron chi connectivity index (χ4n) is 2.61. The Morgan fingerprint density at radius 1 is 1.11 bits per heavy atom. The average Bonchev–Trinajstić information content (AvgIpc) is 2.68. The molecule has 0 fully saturated rings. The summed E-state index contributed by atoms with van der Waals surface area (Å²) in [7, 11) is 1.32. The lowest BCUT2D eigenvalue weighted by atomic mass is 10.0. The van der Waals surface area contributed by atoms with Gasteiger partial charge in [0.2, 0.25) is 0 Å². The Balaban J connectivity index is 1.95. The molecule has 3 aromatic rings. The number of carbonyl (C=O) groups excluding carboxylic acids is 1. The van der Waals surface area contributed by atoms with E-state index in [0.29, 0.717) is 10.7 Å². The maximum Gasteiger partial charge on any atom is 0.418 e. The third-order valence-electron chi connectivity index (χ3n) is 3.93. The molecule has 1 N–H and O–H groups in total. The minimum atomic E-state index is -4.57. The summed E-state index contributed by atoms with van der Waals surface area (Å²) in [5.74, 6) is -0.336. The fraction of sp³-hybridized carbons (Fsp3) is 0.100. The van der Waals surface area contributed by atoms with Gasteiger partial charge < -0.3 is 10.1 Å². The van der Waals surface area contributed by atoms with Crippen LogP contribution in [0.25, 0.3) is 11.3 Å². The van der Waals surface area contributed by atoms with Crippen LogP contribution < -0.4 is 10.1 Å². The molecule has 28 heavy (non-hydrogen) atoms. The third-order valence-corrected chi connectivity index (χ3v) is 4.19. The van der Waals surface area contributed by atoms with Crippen molar-refractivity contribution >= 4 is 23.2 Å². The number of aromatic nitrogens is 1. The number of hydrogen-bond donors (Lipinski definition) is 1. The lowest BCUT2D eigenvalue weighted by Crippen LogP contribution is -2.12. The quantitative estimate of drug-likeness (QED) is 0.606. The maximum atomic E-state index is 13.3. The van der Waals surface area contributed by atoms with E-state index >= 15 is 0 Å². The molecule has 4 nitrogen and oxygen atoms in total. The van der Waals surface area contributed by atoms with E-state index in [-0.39, 0.29) is 22.6 Å². The number of ether oxygens (including phenoxy) is 1. The van der Waals surface area contributed by atoms with Gasteiger partial charge in [-0.1, -0.05) is 11.6 Å². The van der Waals surface area contributed by atoms with Crippen molar-refractivity contribution in [3.05, 3.63) is 76.9 Å². The van der Waals surface area contributed by atoms with Crippen LogP contribution in [-0.2, 0) is 6.18 Å². The van der Waals surface area contributed by atoms with Gasteiger partial charge in [0.1, 0.15) is 5.75 Å². The first-order valence-electron chi connectivity index (χ1n) is 8.07. The lowest BCUT2D eigenvalue weighted by molar-refractivity contribution is -0.137. The lowest BCUT2D eigenvalue weighted by Gasteiger charge is -2.15. The molecule has 0 bridgehead atoms. The SMILES string of the molecule is COc1cc(C(=O)Nc2ccc(Cl)cc2)ccc1-c1ncccc1C(F)(F)F. The van der Waals surface area contributed by atoms with Crippen molar-refractivity contribution in [1.82, 2.24) is 4.98 Å². The molecule has 0 saturated carbocycles. The summed E-state index contributed by atoms with van der Waals surface area (Å²) in [6.45, 7) is 0. The summed E-state index contributed by atoms with van der Waals surface area (Å²) >= 11 is 5.81. The molecule has 1 aromatic heterocycles. The molecule has 1 heterocycles. The number of nitrogens with zero attached hydrogens (tertiary/aromatic N) is 1. The molecule has 3 rings (SSSR count). The van der Waals surface area contributed by atoms with Crippen molar-refractivity contribution in [2.24, 2.45) is 0 Å². The molecule has 8 heteroatoms. The third kappa shape index (κ3) is 4.26. The number of rotatable bonds is 4. The molecule has 0 saturated heterocycles. The zero-order chi connectivity index (χ0) is 20.3. The molecule has 0 aliphatic rings. The van der Waals surface area contributed by atoms with Crippen LogP contribution in [0.2, 0.25) is 5.02 Å². The minimum absolute atomic E-state index is 0.105. The van der Waals surface area contributed by atoms with Crippen LogP contribution in [0.5, 0.6) is 5.75 Å². The number of pyridine rings is 1. The molecule has 0 aliphatic carbocycles. The van der Waals surface area contributed by atoms with E-state index in [1.165, 1.54) is 37.6 Å². The van der Waals surface area contributed by atoms with Gasteiger partial charge >= 0.3 is 6.18 Å². The molecule has 2 aromatic carbocycles. The van der Waals surface area contributed by atoms with Crippen molar-refractivity contribution in [1.29, 1.82) is 0 Å². The van der Waals surface area contributed by atoms with Crippen LogP contribution in [-0.4, -0.2) is 18.0 Å². The fourth-order valence-corrected chi connectivity index (χ4v) is 2.74. The highest BCUT2D eigenvalue weighted by Crippen LogP contribution is 2.39. The van der Waals surface area contributed by atoms with Gasteiger partial charge in [0.25, 0.3) is 5.91 Å². The molecular weight excluding hydrogens is 393 g/mol. The number of anilines is 1. The first kappa shape index (κ1) is 19.7. The molecule has 0 radical (unpaired) electrons. The summed E-state index contributed by atoms with van der Waals surface area (Å²) < 4.78 is 45.1. The number of nitrogens with one attached hydrogen (secondary N) is 1. The van der Waals surface area contributed by atoms with Gasteiger partial charge in [-0.3, -0.25) is 9.78 Å². The minimum Gasteiger partial charge on any atom is -0.496 e. The second kappa shape index (κ2) is 7.90. The number of benzene rings is 2. The Morgan fingerprint density at radius 2 is 1.82 bits per heavy atom. The molecule has 0 aliphatic heterocycles. The normalized spacial score (nSPS) is 11.2. The zero-order valence-electron chi connectivity index (χ0n) is 14.5. The van der Waals surface area contributed by atoms with Gasteiger partial charge in [0, 0.05) is 28.0 Å². The largest absolute Gasteiger partial charge is 0.496 e. The second-order valence-corrected chi connectivity index (χ2v) is 6.21. The van der Waals surface area contributed by atoms with Crippen molar-refractivity contribution in [2.45, 2.75) is 6.18 Å². The van der Waals surface area contributed by atoms with Crippen molar-refractivity contribution in [3.8, 4) is 17.0 Å². The second-order valence-electron chi connectivity index (χ2n) is 5.77. The van der Waals surface area contributed by atoms with Crippen LogP contribution in [0.1, 0.15) is 15.9 Å². The van der Waals surface area contributed by atoms with E-state index < -0.39 is 17.6 Å². The summed E-state index contributed by atoms with van der Waals surface area (Å²) in [5.41, 5.74) is -0.261. The number of hydrogen-bond acceptors (Lipinski definition) is 3. The van der Waals surface area contributed by atoms with Crippen LogP contribution in [0.3, 0.4) is 0 Å². The highest BCUT2D eigenvalue weighted by atomic mass is 35.5. The maximum absolute atomic E-state index is 13.3. The Kier molecular flexibility index (Phi) is 5.56. The van der Waals surface area contributed by atoms with E-state index in [9.17, 15) is 18.0 Å². The van der Waals surface area contributed by atoms with Gasteiger partial charge in [0.15, 0.2) is 0 Å². The van der Waals surface area contributed by atoms with Crippen molar-refractivity contribution in [3.63, 3.8) is 0 Å². The zero-order valence-corrected chi connectivity index (χ0v) is 15.3. The van der Waals surface area contributed by atoms with Crippen molar-refractivity contribution < 1.29 is 22.7 Å². The van der Waals surface area contributed by atoms with Crippen LogP contribution in [0.15, 0.2) is 60.8 Å². The Bertz CT molecular complexity index is 1010. The molecule has 144 valence electrons. The summed E-state index contributed by atoms with van der Waals surface area (Å²) in [6.07, 6.45) is -3.30.